The molecule has 1 saturated heterocycles. The largest absolute Gasteiger partial charge is 0.300 e. The maximum Gasteiger partial charge on any atom is 0.263 e. The monoisotopic (exact) mass is 371 g/mol. The van der Waals surface area contributed by atoms with E-state index in [0.717, 1.165) is 6.54 Å². The number of sulfonamides is 1. The standard InChI is InChI=1S/C9H15BrClN5O2S/c1-14-9(8(10)12-13-14)19(17,18)16-6-4-15(3-2-11)5-7-16/h2-7H2,1H3. The van der Waals surface area contributed by atoms with Crippen molar-refractivity contribution in [1.82, 2.24) is 24.2 Å². The molecule has 0 saturated carbocycles. The second-order valence-corrected chi connectivity index (χ2v) is 7.23. The van der Waals surface area contributed by atoms with Crippen molar-refractivity contribution in [2.45, 2.75) is 5.03 Å². The first-order valence-corrected chi connectivity index (χ1v) is 8.57. The molecule has 0 N–H and O–H groups in total. The Morgan fingerprint density at radius 3 is 2.42 bits per heavy atom. The summed E-state index contributed by atoms with van der Waals surface area (Å²) in [5.41, 5.74) is 0. The molecule has 0 aliphatic carbocycles. The van der Waals surface area contributed by atoms with E-state index < -0.39 is 10.0 Å². The Hall–Kier alpha value is -0.220. The highest BCUT2D eigenvalue weighted by molar-refractivity contribution is 9.10. The molecule has 0 bridgehead atoms. The van der Waals surface area contributed by atoms with Gasteiger partial charge in [0.2, 0.25) is 5.03 Å². The summed E-state index contributed by atoms with van der Waals surface area (Å²) in [5, 5.41) is 7.52. The van der Waals surface area contributed by atoms with Gasteiger partial charge in [0, 0.05) is 45.7 Å². The molecule has 1 aliphatic rings. The first kappa shape index (κ1) is 15.2. The Morgan fingerprint density at radius 2 is 1.95 bits per heavy atom. The van der Waals surface area contributed by atoms with Gasteiger partial charge in [0.25, 0.3) is 10.0 Å². The summed E-state index contributed by atoms with van der Waals surface area (Å²) in [5.74, 6) is 0.559. The van der Waals surface area contributed by atoms with Gasteiger partial charge in [-0.1, -0.05) is 5.21 Å². The highest BCUT2D eigenvalue weighted by Gasteiger charge is 2.33. The van der Waals surface area contributed by atoms with Gasteiger partial charge in [-0.15, -0.1) is 16.7 Å². The molecule has 1 aromatic heterocycles. The summed E-state index contributed by atoms with van der Waals surface area (Å²) >= 11 is 8.81. The van der Waals surface area contributed by atoms with Gasteiger partial charge >= 0.3 is 0 Å². The fourth-order valence-electron chi connectivity index (χ4n) is 2.03. The van der Waals surface area contributed by atoms with Crippen LogP contribution >= 0.6 is 27.5 Å². The molecule has 19 heavy (non-hydrogen) atoms. The summed E-state index contributed by atoms with van der Waals surface area (Å²) in [7, 11) is -1.99. The Bertz CT molecular complexity index is 521. The molecule has 0 radical (unpaired) electrons. The lowest BCUT2D eigenvalue weighted by atomic mass is 10.4. The van der Waals surface area contributed by atoms with Crippen molar-refractivity contribution in [2.24, 2.45) is 7.05 Å². The van der Waals surface area contributed by atoms with Gasteiger partial charge in [0.05, 0.1) is 0 Å². The zero-order chi connectivity index (χ0) is 14.0. The van der Waals surface area contributed by atoms with E-state index in [1.807, 2.05) is 0 Å². The molecule has 2 heterocycles. The number of alkyl halides is 1. The summed E-state index contributed by atoms with van der Waals surface area (Å²) in [6.07, 6.45) is 0. The van der Waals surface area contributed by atoms with E-state index in [1.165, 1.54) is 8.99 Å². The predicted molar refractivity (Wildman–Crippen MR) is 74.6 cm³/mol. The number of piperazine rings is 1. The molecule has 0 spiro atoms. The van der Waals surface area contributed by atoms with Gasteiger partial charge in [-0.05, 0) is 15.9 Å². The average molecular weight is 373 g/mol. The number of aryl methyl sites for hydroxylation is 1. The molecule has 0 aromatic carbocycles. The van der Waals surface area contributed by atoms with E-state index in [4.69, 9.17) is 11.6 Å². The molecule has 0 amide bonds. The summed E-state index contributed by atoms with van der Waals surface area (Å²) in [4.78, 5) is 2.15. The van der Waals surface area contributed by atoms with Gasteiger partial charge in [-0.25, -0.2) is 13.1 Å². The third-order valence-corrected chi connectivity index (χ3v) is 6.01. The lowest BCUT2D eigenvalue weighted by molar-refractivity contribution is 0.196. The molecule has 1 aliphatic heterocycles. The zero-order valence-electron chi connectivity index (χ0n) is 10.5. The van der Waals surface area contributed by atoms with Gasteiger partial charge in [0.15, 0.2) is 4.60 Å². The topological polar surface area (TPSA) is 71.3 Å². The van der Waals surface area contributed by atoms with Crippen LogP contribution in [0.3, 0.4) is 0 Å². The molecule has 1 aromatic rings. The SMILES string of the molecule is Cn1nnc(Br)c1S(=O)(=O)N1CCN(CCCl)CC1. The summed E-state index contributed by atoms with van der Waals surface area (Å²) in [6, 6.07) is 0. The molecule has 2 rings (SSSR count). The molecule has 0 unspecified atom stereocenters. The van der Waals surface area contributed by atoms with E-state index >= 15 is 0 Å². The van der Waals surface area contributed by atoms with Crippen LogP contribution in [0, 0.1) is 0 Å². The highest BCUT2D eigenvalue weighted by Crippen LogP contribution is 2.23. The van der Waals surface area contributed by atoms with E-state index in [9.17, 15) is 8.42 Å². The molecule has 0 atom stereocenters. The van der Waals surface area contributed by atoms with Crippen molar-refractivity contribution < 1.29 is 8.42 Å². The van der Waals surface area contributed by atoms with E-state index in [1.54, 1.807) is 7.05 Å². The number of rotatable bonds is 4. The number of hydrogen-bond acceptors (Lipinski definition) is 5. The van der Waals surface area contributed by atoms with Crippen LogP contribution in [0.5, 0.6) is 0 Å². The number of hydrogen-bond donors (Lipinski definition) is 0. The second-order valence-electron chi connectivity index (χ2n) is 4.24. The normalized spacial score (nSPS) is 18.9. The van der Waals surface area contributed by atoms with Crippen molar-refractivity contribution in [1.29, 1.82) is 0 Å². The Kier molecular flexibility index (Phi) is 4.83. The van der Waals surface area contributed by atoms with Gasteiger partial charge in [-0.2, -0.15) is 4.31 Å². The van der Waals surface area contributed by atoms with Crippen LogP contribution in [0.2, 0.25) is 0 Å². The van der Waals surface area contributed by atoms with E-state index in [0.29, 0.717) is 32.1 Å². The minimum atomic E-state index is -3.55. The van der Waals surface area contributed by atoms with Crippen LogP contribution in [-0.4, -0.2) is 71.2 Å². The van der Waals surface area contributed by atoms with Crippen LogP contribution in [0.1, 0.15) is 0 Å². The van der Waals surface area contributed by atoms with E-state index in [-0.39, 0.29) is 9.63 Å². The molecule has 1 fully saturated rings. The van der Waals surface area contributed by atoms with Crippen LogP contribution in [0.25, 0.3) is 0 Å². The Morgan fingerprint density at radius 1 is 1.32 bits per heavy atom. The van der Waals surface area contributed by atoms with Gasteiger partial charge in [0.1, 0.15) is 0 Å². The number of nitrogens with zero attached hydrogens (tertiary/aromatic N) is 5. The van der Waals surface area contributed by atoms with Gasteiger partial charge < -0.3 is 0 Å². The smallest absolute Gasteiger partial charge is 0.263 e. The van der Waals surface area contributed by atoms with Crippen LogP contribution in [-0.2, 0) is 17.1 Å². The first-order chi connectivity index (χ1) is 8.96. The quantitative estimate of drug-likeness (QED) is 0.702. The Labute approximate surface area is 125 Å². The fourth-order valence-corrected chi connectivity index (χ4v) is 4.72. The maximum atomic E-state index is 12.5. The van der Waals surface area contributed by atoms with Crippen LogP contribution in [0.15, 0.2) is 9.63 Å². The third kappa shape index (κ3) is 3.10. The molecule has 10 heteroatoms. The van der Waals surface area contributed by atoms with Crippen molar-refractivity contribution in [2.75, 3.05) is 38.6 Å². The molecular weight excluding hydrogens is 358 g/mol. The third-order valence-electron chi connectivity index (χ3n) is 3.05. The lowest BCUT2D eigenvalue weighted by Gasteiger charge is -2.33. The van der Waals surface area contributed by atoms with Crippen molar-refractivity contribution in [3.05, 3.63) is 4.60 Å². The second kappa shape index (κ2) is 6.04. The predicted octanol–water partition coefficient (Wildman–Crippen LogP) is 0.123. The van der Waals surface area contributed by atoms with Crippen LogP contribution in [0.4, 0.5) is 0 Å². The zero-order valence-corrected chi connectivity index (χ0v) is 13.6. The number of aromatic nitrogens is 3. The van der Waals surface area contributed by atoms with E-state index in [2.05, 4.69) is 31.1 Å². The minimum Gasteiger partial charge on any atom is -0.300 e. The fraction of sp³-hybridized carbons (Fsp3) is 0.778. The van der Waals surface area contributed by atoms with Crippen LogP contribution < -0.4 is 0 Å². The molecule has 108 valence electrons. The van der Waals surface area contributed by atoms with Crippen molar-refractivity contribution in [3.8, 4) is 0 Å². The Balaban J connectivity index is 2.15. The summed E-state index contributed by atoms with van der Waals surface area (Å²) in [6.45, 7) is 3.07. The molecule has 7 nitrogen and oxygen atoms in total. The lowest BCUT2D eigenvalue weighted by Crippen LogP contribution is -2.49. The van der Waals surface area contributed by atoms with Crippen molar-refractivity contribution >= 4 is 37.6 Å². The first-order valence-electron chi connectivity index (χ1n) is 5.80. The summed E-state index contributed by atoms with van der Waals surface area (Å²) < 4.78 is 28.0. The average Bonchev–Trinajstić information content (AvgIpc) is 2.70. The minimum absolute atomic E-state index is 0.0956. The van der Waals surface area contributed by atoms with Crippen molar-refractivity contribution in [3.63, 3.8) is 0 Å². The molecular formula is C9H15BrClN5O2S. The van der Waals surface area contributed by atoms with Gasteiger partial charge in [-0.3, -0.25) is 4.90 Å². The maximum absolute atomic E-state index is 12.5. The highest BCUT2D eigenvalue weighted by atomic mass is 79.9. The number of halogens is 2.